The molecule has 1 aliphatic rings. The molecule has 3 heterocycles. The Morgan fingerprint density at radius 1 is 0.862 bits per heavy atom. The molecule has 0 aliphatic carbocycles. The van der Waals surface area contributed by atoms with Crippen molar-refractivity contribution in [2.45, 2.75) is 0 Å². The van der Waals surface area contributed by atoms with Gasteiger partial charge in [0.2, 0.25) is 0 Å². The van der Waals surface area contributed by atoms with Crippen molar-refractivity contribution in [1.82, 2.24) is 4.90 Å². The number of hydrogen-bond acceptors (Lipinski definition) is 5. The molecule has 0 radical (unpaired) electrons. The van der Waals surface area contributed by atoms with Crippen molar-refractivity contribution in [1.29, 1.82) is 0 Å². The lowest BCUT2D eigenvalue weighted by Gasteiger charge is -2.05. The summed E-state index contributed by atoms with van der Waals surface area (Å²) in [6, 6.07) is 16.5. The number of benzene rings is 2. The summed E-state index contributed by atoms with van der Waals surface area (Å²) >= 11 is 2.79. The van der Waals surface area contributed by atoms with Crippen LogP contribution in [0.3, 0.4) is 0 Å². The van der Waals surface area contributed by atoms with Gasteiger partial charge in [0.05, 0.1) is 16.7 Å². The number of nitrogens with zero attached hydrogens (tertiary/aromatic N) is 1. The number of carbonyl (C=O) groups excluding carboxylic acids is 2. The number of imide groups is 1. The van der Waals surface area contributed by atoms with Gasteiger partial charge in [0.15, 0.2) is 0 Å². The van der Waals surface area contributed by atoms with Crippen LogP contribution in [0.25, 0.3) is 31.3 Å². The van der Waals surface area contributed by atoms with Crippen LogP contribution in [-0.2, 0) is 9.59 Å². The van der Waals surface area contributed by atoms with Crippen molar-refractivity contribution in [2.75, 3.05) is 7.05 Å². The summed E-state index contributed by atoms with van der Waals surface area (Å²) in [7, 11) is 1.47. The van der Waals surface area contributed by atoms with Crippen LogP contribution in [0.1, 0.15) is 20.1 Å². The van der Waals surface area contributed by atoms with Crippen molar-refractivity contribution >= 4 is 71.8 Å². The third-order valence-electron chi connectivity index (χ3n) is 5.00. The quantitative estimate of drug-likeness (QED) is 0.488. The number of hydrogen-bond donors (Lipinski definition) is 1. The van der Waals surface area contributed by atoms with Crippen LogP contribution < -0.4 is 0 Å². The minimum atomic E-state index is -1.02. The van der Waals surface area contributed by atoms with E-state index in [2.05, 4.69) is 0 Å². The minimum Gasteiger partial charge on any atom is -0.478 e. The number of carboxylic acid groups (broad SMARTS) is 1. The molecule has 0 unspecified atom stereocenters. The lowest BCUT2D eigenvalue weighted by Crippen LogP contribution is -2.26. The number of carbonyl (C=O) groups is 3. The second kappa shape index (κ2) is 6.37. The SMILES string of the molecule is CN1C(=O)C(c2cc3ccccc3s2)=C(c2cc3c(C(=O)O)cccc3s2)C1=O. The van der Waals surface area contributed by atoms with Gasteiger partial charge in [0.1, 0.15) is 0 Å². The Morgan fingerprint density at radius 2 is 1.48 bits per heavy atom. The first-order chi connectivity index (χ1) is 14.0. The molecule has 5 nitrogen and oxygen atoms in total. The lowest BCUT2D eigenvalue weighted by molar-refractivity contribution is -0.134. The van der Waals surface area contributed by atoms with Gasteiger partial charge in [0.25, 0.3) is 11.8 Å². The number of carboxylic acids is 1. The zero-order chi connectivity index (χ0) is 20.3. The van der Waals surface area contributed by atoms with E-state index in [-0.39, 0.29) is 17.4 Å². The number of rotatable bonds is 3. The average Bonchev–Trinajstić information content (AvgIpc) is 3.37. The molecular weight excluding hydrogens is 406 g/mol. The fourth-order valence-electron chi connectivity index (χ4n) is 3.57. The molecule has 0 fully saturated rings. The first kappa shape index (κ1) is 17.8. The van der Waals surface area contributed by atoms with Crippen LogP contribution >= 0.6 is 22.7 Å². The molecule has 2 amide bonds. The summed E-state index contributed by atoms with van der Waals surface area (Å²) in [6.07, 6.45) is 0. The van der Waals surface area contributed by atoms with Gasteiger partial charge in [0, 0.05) is 31.6 Å². The topological polar surface area (TPSA) is 74.7 Å². The maximum absolute atomic E-state index is 13.0. The molecule has 0 spiro atoms. The number of aromatic carboxylic acids is 1. The fourth-order valence-corrected chi connectivity index (χ4v) is 5.81. The fraction of sp³-hybridized carbons (Fsp3) is 0.0455. The van der Waals surface area contributed by atoms with Crippen molar-refractivity contribution in [3.8, 4) is 0 Å². The van der Waals surface area contributed by atoms with Crippen LogP contribution in [0.5, 0.6) is 0 Å². The van der Waals surface area contributed by atoms with E-state index in [0.29, 0.717) is 21.4 Å². The lowest BCUT2D eigenvalue weighted by atomic mass is 10.0. The van der Waals surface area contributed by atoms with Gasteiger partial charge in [-0.15, -0.1) is 22.7 Å². The molecule has 29 heavy (non-hydrogen) atoms. The van der Waals surface area contributed by atoms with Gasteiger partial charge in [-0.1, -0.05) is 24.3 Å². The molecule has 5 rings (SSSR count). The highest BCUT2D eigenvalue weighted by atomic mass is 32.1. The summed E-state index contributed by atoms with van der Waals surface area (Å²) in [5.74, 6) is -1.73. The first-order valence-electron chi connectivity index (χ1n) is 8.77. The van der Waals surface area contributed by atoms with Gasteiger partial charge in [-0.25, -0.2) is 4.79 Å². The third-order valence-corrected chi connectivity index (χ3v) is 7.25. The molecule has 0 bridgehead atoms. The largest absolute Gasteiger partial charge is 0.478 e. The number of thiophene rings is 2. The molecule has 142 valence electrons. The molecule has 7 heteroatoms. The summed E-state index contributed by atoms with van der Waals surface area (Å²) in [5.41, 5.74) is 0.892. The monoisotopic (exact) mass is 419 g/mol. The maximum atomic E-state index is 13.0. The third kappa shape index (κ3) is 2.62. The summed E-state index contributed by atoms with van der Waals surface area (Å²) in [5, 5.41) is 11.0. The predicted molar refractivity (Wildman–Crippen MR) is 115 cm³/mol. The van der Waals surface area contributed by atoms with Gasteiger partial charge < -0.3 is 5.11 Å². The molecular formula is C22H13NO4S2. The molecule has 4 aromatic rings. The van der Waals surface area contributed by atoms with E-state index in [1.165, 1.54) is 35.8 Å². The Morgan fingerprint density at radius 3 is 2.17 bits per heavy atom. The van der Waals surface area contributed by atoms with E-state index in [0.717, 1.165) is 24.6 Å². The Hall–Kier alpha value is -3.29. The average molecular weight is 419 g/mol. The minimum absolute atomic E-state index is 0.180. The number of amides is 2. The summed E-state index contributed by atoms with van der Waals surface area (Å²) < 4.78 is 1.80. The summed E-state index contributed by atoms with van der Waals surface area (Å²) in [4.78, 5) is 39.9. The Labute approximate surface area is 173 Å². The first-order valence-corrected chi connectivity index (χ1v) is 10.4. The molecule has 0 atom stereocenters. The normalized spacial score (nSPS) is 14.6. The van der Waals surface area contributed by atoms with E-state index in [1.54, 1.807) is 12.1 Å². The second-order valence-electron chi connectivity index (χ2n) is 6.70. The molecule has 2 aromatic carbocycles. The van der Waals surface area contributed by atoms with E-state index < -0.39 is 5.97 Å². The van der Waals surface area contributed by atoms with Gasteiger partial charge >= 0.3 is 5.97 Å². The standard InChI is InChI=1S/C22H13NO4S2/c1-23-20(24)18(16-9-11-5-2-3-7-14(11)28-16)19(21(23)25)17-10-13-12(22(26)27)6-4-8-15(13)29-17/h2-10H,1H3,(H,26,27). The Balaban J connectivity index is 1.78. The van der Waals surface area contributed by atoms with E-state index in [1.807, 2.05) is 36.4 Å². The van der Waals surface area contributed by atoms with Crippen LogP contribution in [0.2, 0.25) is 0 Å². The van der Waals surface area contributed by atoms with Gasteiger partial charge in [-0.05, 0) is 35.7 Å². The highest BCUT2D eigenvalue weighted by Crippen LogP contribution is 2.43. The van der Waals surface area contributed by atoms with Crippen LogP contribution in [0.15, 0.2) is 54.6 Å². The predicted octanol–water partition coefficient (Wildman–Crippen LogP) is 4.72. The molecule has 1 N–H and O–H groups in total. The van der Waals surface area contributed by atoms with Gasteiger partial charge in [-0.3, -0.25) is 14.5 Å². The van der Waals surface area contributed by atoms with Crippen molar-refractivity contribution in [3.05, 3.63) is 69.9 Å². The second-order valence-corrected chi connectivity index (χ2v) is 8.87. The van der Waals surface area contributed by atoms with E-state index >= 15 is 0 Å². The Bertz CT molecular complexity index is 1360. The zero-order valence-electron chi connectivity index (χ0n) is 15.1. The van der Waals surface area contributed by atoms with E-state index in [4.69, 9.17) is 0 Å². The van der Waals surface area contributed by atoms with Crippen molar-refractivity contribution in [2.24, 2.45) is 0 Å². The maximum Gasteiger partial charge on any atom is 0.336 e. The van der Waals surface area contributed by atoms with Crippen LogP contribution in [0, 0.1) is 0 Å². The number of fused-ring (bicyclic) bond motifs is 2. The smallest absolute Gasteiger partial charge is 0.336 e. The van der Waals surface area contributed by atoms with Crippen molar-refractivity contribution < 1.29 is 19.5 Å². The highest BCUT2D eigenvalue weighted by Gasteiger charge is 2.38. The zero-order valence-corrected chi connectivity index (χ0v) is 16.8. The molecule has 1 aliphatic heterocycles. The van der Waals surface area contributed by atoms with Crippen LogP contribution in [0.4, 0.5) is 0 Å². The molecule has 0 saturated heterocycles. The Kier molecular flexibility index (Phi) is 3.90. The molecule has 0 saturated carbocycles. The van der Waals surface area contributed by atoms with Crippen LogP contribution in [-0.4, -0.2) is 34.8 Å². The van der Waals surface area contributed by atoms with Gasteiger partial charge in [-0.2, -0.15) is 0 Å². The summed E-state index contributed by atoms with van der Waals surface area (Å²) in [6.45, 7) is 0. The molecule has 2 aromatic heterocycles. The highest BCUT2D eigenvalue weighted by molar-refractivity contribution is 7.21. The number of likely N-dealkylation sites (N-methyl/N-ethyl adjacent to an activating group) is 1. The van der Waals surface area contributed by atoms with Crippen molar-refractivity contribution in [3.63, 3.8) is 0 Å². The van der Waals surface area contributed by atoms with E-state index in [9.17, 15) is 19.5 Å².